The van der Waals surface area contributed by atoms with Gasteiger partial charge in [-0.25, -0.2) is 13.1 Å². The number of hydrogen-bond donors (Lipinski definition) is 2. The molecule has 114 valence electrons. The number of halogens is 3. The lowest BCUT2D eigenvalue weighted by molar-refractivity contribution is -0.173. The van der Waals surface area contributed by atoms with Crippen LogP contribution in [0.25, 0.3) is 0 Å². The number of nitrogens with two attached hydrogens (primary N) is 1. The predicted octanol–water partition coefficient (Wildman–Crippen LogP) is 1.43. The second-order valence-electron chi connectivity index (χ2n) is 4.14. The second kappa shape index (κ2) is 6.42. The molecule has 0 atom stereocenters. The fourth-order valence-corrected chi connectivity index (χ4v) is 2.60. The molecule has 20 heavy (non-hydrogen) atoms. The average molecular weight is 312 g/mol. The first-order valence-electron chi connectivity index (χ1n) is 5.61. The van der Waals surface area contributed by atoms with Crippen molar-refractivity contribution in [3.8, 4) is 0 Å². The van der Waals surface area contributed by atoms with Crippen LogP contribution < -0.4 is 10.5 Å². The van der Waals surface area contributed by atoms with E-state index >= 15 is 0 Å². The zero-order valence-electron chi connectivity index (χ0n) is 10.7. The molecule has 0 saturated carbocycles. The van der Waals surface area contributed by atoms with E-state index in [0.29, 0.717) is 11.3 Å². The van der Waals surface area contributed by atoms with Crippen LogP contribution in [0.2, 0.25) is 0 Å². The molecule has 0 aliphatic rings. The molecule has 0 heterocycles. The third-order valence-electron chi connectivity index (χ3n) is 2.19. The Morgan fingerprint density at radius 1 is 1.30 bits per heavy atom. The Hall–Kier alpha value is -1.32. The number of nitrogen functional groups attached to an aromatic ring is 1. The first-order chi connectivity index (χ1) is 9.10. The summed E-state index contributed by atoms with van der Waals surface area (Å²) in [7, 11) is -3.81. The van der Waals surface area contributed by atoms with Gasteiger partial charge in [0.25, 0.3) is 0 Å². The van der Waals surface area contributed by atoms with E-state index in [9.17, 15) is 21.6 Å². The van der Waals surface area contributed by atoms with Gasteiger partial charge in [-0.3, -0.25) is 0 Å². The van der Waals surface area contributed by atoms with Gasteiger partial charge in [-0.1, -0.05) is 0 Å². The minimum absolute atomic E-state index is 0.0363. The van der Waals surface area contributed by atoms with Crippen molar-refractivity contribution in [2.24, 2.45) is 0 Å². The molecule has 0 saturated heterocycles. The molecule has 1 aromatic rings. The van der Waals surface area contributed by atoms with Crippen LogP contribution >= 0.6 is 0 Å². The van der Waals surface area contributed by atoms with E-state index in [2.05, 4.69) is 9.46 Å². The average Bonchev–Trinajstić information content (AvgIpc) is 2.25. The van der Waals surface area contributed by atoms with Crippen LogP contribution in [0.15, 0.2) is 23.1 Å². The van der Waals surface area contributed by atoms with Gasteiger partial charge in [-0.15, -0.1) is 0 Å². The Morgan fingerprint density at radius 2 is 1.95 bits per heavy atom. The highest BCUT2D eigenvalue weighted by atomic mass is 32.2. The zero-order chi connectivity index (χ0) is 15.4. The van der Waals surface area contributed by atoms with Gasteiger partial charge in [-0.05, 0) is 30.7 Å². The third kappa shape index (κ3) is 5.76. The van der Waals surface area contributed by atoms with Crippen molar-refractivity contribution in [1.82, 2.24) is 4.72 Å². The monoisotopic (exact) mass is 312 g/mol. The Labute approximate surface area is 115 Å². The molecule has 0 amide bonds. The fourth-order valence-electron chi connectivity index (χ4n) is 1.45. The topological polar surface area (TPSA) is 81.4 Å². The fraction of sp³-hybridized carbons (Fsp3) is 0.455. The minimum atomic E-state index is -4.43. The Kier molecular flexibility index (Phi) is 5.37. The summed E-state index contributed by atoms with van der Waals surface area (Å²) in [6, 6.07) is 4.28. The SMILES string of the molecule is Cc1cc(N)cc(S(=O)(=O)NCCOCC(F)(F)F)c1. The summed E-state index contributed by atoms with van der Waals surface area (Å²) in [4.78, 5) is -0.0363. The van der Waals surface area contributed by atoms with Crippen molar-refractivity contribution >= 4 is 15.7 Å². The molecular formula is C11H15F3N2O3S. The van der Waals surface area contributed by atoms with E-state index in [0.717, 1.165) is 0 Å². The number of sulfonamides is 1. The van der Waals surface area contributed by atoms with Gasteiger partial charge in [0.1, 0.15) is 6.61 Å². The second-order valence-corrected chi connectivity index (χ2v) is 5.91. The van der Waals surface area contributed by atoms with E-state index in [4.69, 9.17) is 5.73 Å². The van der Waals surface area contributed by atoms with Gasteiger partial charge in [-0.2, -0.15) is 13.2 Å². The maximum absolute atomic E-state index is 11.9. The molecular weight excluding hydrogens is 297 g/mol. The molecule has 0 fully saturated rings. The number of anilines is 1. The molecule has 0 aliphatic carbocycles. The van der Waals surface area contributed by atoms with Crippen LogP contribution in [0.4, 0.5) is 18.9 Å². The van der Waals surface area contributed by atoms with Gasteiger partial charge in [0.15, 0.2) is 0 Å². The van der Waals surface area contributed by atoms with Crippen LogP contribution in [0.1, 0.15) is 5.56 Å². The summed E-state index contributed by atoms with van der Waals surface area (Å²) >= 11 is 0. The number of aryl methyl sites for hydroxylation is 1. The van der Waals surface area contributed by atoms with Crippen molar-refractivity contribution in [3.05, 3.63) is 23.8 Å². The van der Waals surface area contributed by atoms with Crippen molar-refractivity contribution in [3.63, 3.8) is 0 Å². The lowest BCUT2D eigenvalue weighted by Crippen LogP contribution is -2.29. The van der Waals surface area contributed by atoms with Crippen LogP contribution in [0.3, 0.4) is 0 Å². The Balaban J connectivity index is 2.54. The molecule has 0 spiro atoms. The van der Waals surface area contributed by atoms with E-state index in [1.54, 1.807) is 13.0 Å². The highest BCUT2D eigenvalue weighted by Crippen LogP contribution is 2.16. The number of alkyl halides is 3. The molecule has 0 aromatic heterocycles. The van der Waals surface area contributed by atoms with Crippen LogP contribution in [0.5, 0.6) is 0 Å². The zero-order valence-corrected chi connectivity index (χ0v) is 11.5. The van der Waals surface area contributed by atoms with Gasteiger partial charge in [0.2, 0.25) is 10.0 Å². The smallest absolute Gasteiger partial charge is 0.399 e. The minimum Gasteiger partial charge on any atom is -0.399 e. The van der Waals surface area contributed by atoms with Crippen molar-refractivity contribution in [1.29, 1.82) is 0 Å². The lowest BCUT2D eigenvalue weighted by Gasteiger charge is -2.10. The third-order valence-corrected chi connectivity index (χ3v) is 3.63. The van der Waals surface area contributed by atoms with Crippen LogP contribution in [-0.4, -0.2) is 34.4 Å². The normalized spacial score (nSPS) is 12.6. The maximum atomic E-state index is 11.9. The summed E-state index contributed by atoms with van der Waals surface area (Å²) in [5.41, 5.74) is 6.49. The maximum Gasteiger partial charge on any atom is 0.411 e. The number of hydrogen-bond acceptors (Lipinski definition) is 4. The highest BCUT2D eigenvalue weighted by Gasteiger charge is 2.27. The summed E-state index contributed by atoms with van der Waals surface area (Å²) in [5.74, 6) is 0. The van der Waals surface area contributed by atoms with Gasteiger partial charge in [0, 0.05) is 12.2 Å². The van der Waals surface area contributed by atoms with E-state index in [1.807, 2.05) is 0 Å². The largest absolute Gasteiger partial charge is 0.411 e. The molecule has 1 aromatic carbocycles. The Bertz CT molecular complexity index is 538. The summed E-state index contributed by atoms with van der Waals surface area (Å²) in [5, 5.41) is 0. The molecule has 0 radical (unpaired) electrons. The molecule has 0 aliphatic heterocycles. The van der Waals surface area contributed by atoms with Gasteiger partial charge >= 0.3 is 6.18 Å². The molecule has 3 N–H and O–H groups in total. The quantitative estimate of drug-likeness (QED) is 0.615. The van der Waals surface area contributed by atoms with Crippen LogP contribution in [0, 0.1) is 6.92 Å². The van der Waals surface area contributed by atoms with Crippen LogP contribution in [-0.2, 0) is 14.8 Å². The number of ether oxygens (including phenoxy) is 1. The van der Waals surface area contributed by atoms with E-state index in [-0.39, 0.29) is 18.0 Å². The van der Waals surface area contributed by atoms with E-state index in [1.165, 1.54) is 12.1 Å². The molecule has 9 heteroatoms. The lowest BCUT2D eigenvalue weighted by atomic mass is 10.2. The molecule has 5 nitrogen and oxygen atoms in total. The number of rotatable bonds is 6. The van der Waals surface area contributed by atoms with Crippen molar-refractivity contribution < 1.29 is 26.3 Å². The van der Waals surface area contributed by atoms with E-state index < -0.39 is 22.8 Å². The first-order valence-corrected chi connectivity index (χ1v) is 7.10. The molecule has 0 unspecified atom stereocenters. The van der Waals surface area contributed by atoms with Gasteiger partial charge in [0.05, 0.1) is 11.5 Å². The molecule has 1 rings (SSSR count). The summed E-state index contributed by atoms with van der Waals surface area (Å²) in [6.45, 7) is -0.361. The van der Waals surface area contributed by atoms with Crippen molar-refractivity contribution in [2.75, 3.05) is 25.5 Å². The summed E-state index contributed by atoms with van der Waals surface area (Å²) in [6.07, 6.45) is -4.43. The number of nitrogens with one attached hydrogen (secondary N) is 1. The van der Waals surface area contributed by atoms with Crippen molar-refractivity contribution in [2.45, 2.75) is 18.0 Å². The Morgan fingerprint density at radius 3 is 2.50 bits per heavy atom. The van der Waals surface area contributed by atoms with Gasteiger partial charge < -0.3 is 10.5 Å². The highest BCUT2D eigenvalue weighted by molar-refractivity contribution is 7.89. The predicted molar refractivity (Wildman–Crippen MR) is 67.7 cm³/mol. The first kappa shape index (κ1) is 16.7. The number of benzene rings is 1. The molecule has 0 bridgehead atoms. The summed E-state index contributed by atoms with van der Waals surface area (Å²) < 4.78 is 65.5. The standard InChI is InChI=1S/C11H15F3N2O3S/c1-8-4-9(15)6-10(5-8)20(17,18)16-2-3-19-7-11(12,13)14/h4-6,16H,2-3,7,15H2,1H3.